The van der Waals surface area contributed by atoms with Crippen LogP contribution < -0.4 is 11.1 Å². The molecule has 37 heavy (non-hydrogen) atoms. The number of benzene rings is 2. The molecule has 4 rings (SSSR count). The number of esters is 1. The van der Waals surface area contributed by atoms with Crippen molar-refractivity contribution in [2.75, 3.05) is 26.7 Å². The van der Waals surface area contributed by atoms with E-state index in [0.717, 1.165) is 30.4 Å². The van der Waals surface area contributed by atoms with Crippen molar-refractivity contribution in [1.82, 2.24) is 15.1 Å². The summed E-state index contributed by atoms with van der Waals surface area (Å²) in [7, 11) is 1.33. The van der Waals surface area contributed by atoms with Crippen LogP contribution in [0.15, 0.2) is 48.5 Å². The summed E-state index contributed by atoms with van der Waals surface area (Å²) in [5.41, 5.74) is 9.64. The Hall–Kier alpha value is -3.88. The first kappa shape index (κ1) is 26.2. The minimum atomic E-state index is -0.432. The number of ether oxygens (including phenoxy) is 1. The Morgan fingerprint density at radius 1 is 1.16 bits per heavy atom. The highest BCUT2D eigenvalue weighted by molar-refractivity contribution is 5.95. The van der Waals surface area contributed by atoms with Crippen LogP contribution in [0.4, 0.5) is 4.79 Å². The normalized spacial score (nSPS) is 18.9. The summed E-state index contributed by atoms with van der Waals surface area (Å²) in [6.07, 6.45) is 2.93. The van der Waals surface area contributed by atoms with Crippen LogP contribution >= 0.6 is 0 Å². The molecule has 196 valence electrons. The number of amidine groups is 1. The zero-order valence-corrected chi connectivity index (χ0v) is 21.2. The van der Waals surface area contributed by atoms with Gasteiger partial charge in [-0.25, -0.2) is 4.79 Å². The topological polar surface area (TPSA) is 129 Å². The lowest BCUT2D eigenvalue weighted by atomic mass is 9.97. The summed E-state index contributed by atoms with van der Waals surface area (Å²) in [6.45, 7) is 1.92. The van der Waals surface area contributed by atoms with Crippen molar-refractivity contribution in [2.24, 2.45) is 11.7 Å². The zero-order valence-electron chi connectivity index (χ0n) is 21.2. The number of methoxy groups -OCH3 is 1. The van der Waals surface area contributed by atoms with Crippen LogP contribution in [0, 0.1) is 11.3 Å². The predicted octanol–water partition coefficient (Wildman–Crippen LogP) is 2.45. The number of likely N-dealkylation sites (tertiary alicyclic amines) is 1. The third-order valence-corrected chi connectivity index (χ3v) is 7.28. The number of rotatable bonds is 9. The SMILES string of the molecule is COC(=O)CC1CC(CNC(=O)N2CCc3ccc(C(=N)N)cc3C2)N(CCCc2ccccc2)C1=O. The summed E-state index contributed by atoms with van der Waals surface area (Å²) in [4.78, 5) is 41.6. The van der Waals surface area contributed by atoms with E-state index in [0.29, 0.717) is 38.2 Å². The number of urea groups is 1. The molecule has 0 bridgehead atoms. The van der Waals surface area contributed by atoms with Crippen molar-refractivity contribution in [3.05, 3.63) is 70.8 Å². The first-order chi connectivity index (χ1) is 17.9. The van der Waals surface area contributed by atoms with Crippen molar-refractivity contribution in [3.8, 4) is 0 Å². The Morgan fingerprint density at radius 2 is 1.95 bits per heavy atom. The van der Waals surface area contributed by atoms with E-state index in [2.05, 4.69) is 17.4 Å². The third kappa shape index (κ3) is 6.47. The summed E-state index contributed by atoms with van der Waals surface area (Å²) in [5.74, 6) is -0.882. The van der Waals surface area contributed by atoms with Crippen LogP contribution in [0.2, 0.25) is 0 Å². The van der Waals surface area contributed by atoms with Gasteiger partial charge in [0.05, 0.1) is 19.4 Å². The molecule has 2 aromatic rings. The number of nitrogens with zero attached hydrogens (tertiary/aromatic N) is 2. The van der Waals surface area contributed by atoms with E-state index >= 15 is 0 Å². The summed E-state index contributed by atoms with van der Waals surface area (Å²) in [6, 6.07) is 15.4. The van der Waals surface area contributed by atoms with Crippen molar-refractivity contribution >= 4 is 23.7 Å². The highest BCUT2D eigenvalue weighted by Crippen LogP contribution is 2.28. The van der Waals surface area contributed by atoms with E-state index in [1.807, 2.05) is 41.3 Å². The maximum absolute atomic E-state index is 13.1. The van der Waals surface area contributed by atoms with E-state index in [4.69, 9.17) is 15.9 Å². The van der Waals surface area contributed by atoms with Crippen molar-refractivity contribution in [1.29, 1.82) is 5.41 Å². The molecule has 2 unspecified atom stereocenters. The third-order valence-electron chi connectivity index (χ3n) is 7.28. The van der Waals surface area contributed by atoms with Gasteiger partial charge in [-0.15, -0.1) is 0 Å². The second-order valence-electron chi connectivity index (χ2n) is 9.74. The molecule has 2 heterocycles. The van der Waals surface area contributed by atoms with Gasteiger partial charge in [-0.1, -0.05) is 42.5 Å². The molecule has 0 spiro atoms. The lowest BCUT2D eigenvalue weighted by Gasteiger charge is -2.31. The van der Waals surface area contributed by atoms with Crippen LogP contribution in [0.1, 0.15) is 41.5 Å². The fourth-order valence-electron chi connectivity index (χ4n) is 5.23. The van der Waals surface area contributed by atoms with Gasteiger partial charge in [-0.2, -0.15) is 0 Å². The van der Waals surface area contributed by atoms with Crippen LogP contribution in [-0.2, 0) is 33.7 Å². The van der Waals surface area contributed by atoms with E-state index in [9.17, 15) is 14.4 Å². The summed E-state index contributed by atoms with van der Waals surface area (Å²) < 4.78 is 4.79. The fourth-order valence-corrected chi connectivity index (χ4v) is 5.23. The number of hydrogen-bond acceptors (Lipinski definition) is 5. The second kappa shape index (κ2) is 11.9. The number of aryl methyl sites for hydroxylation is 1. The van der Waals surface area contributed by atoms with Crippen LogP contribution in [0.3, 0.4) is 0 Å². The van der Waals surface area contributed by atoms with Crippen molar-refractivity contribution in [3.63, 3.8) is 0 Å². The molecule has 9 heteroatoms. The molecule has 2 aliphatic rings. The van der Waals surface area contributed by atoms with Crippen LogP contribution in [0.5, 0.6) is 0 Å². The largest absolute Gasteiger partial charge is 0.469 e. The van der Waals surface area contributed by atoms with Gasteiger partial charge < -0.3 is 25.6 Å². The first-order valence-electron chi connectivity index (χ1n) is 12.8. The molecule has 1 saturated heterocycles. The molecule has 0 saturated carbocycles. The minimum absolute atomic E-state index is 0.00383. The quantitative estimate of drug-likeness (QED) is 0.274. The van der Waals surface area contributed by atoms with Crippen LogP contribution in [0.25, 0.3) is 0 Å². The predicted molar refractivity (Wildman–Crippen MR) is 140 cm³/mol. The van der Waals surface area contributed by atoms with Crippen molar-refractivity contribution < 1.29 is 19.1 Å². The number of nitrogens with two attached hydrogens (primary N) is 1. The zero-order chi connectivity index (χ0) is 26.4. The van der Waals surface area contributed by atoms with Crippen LogP contribution in [-0.4, -0.2) is 66.3 Å². The molecule has 0 radical (unpaired) electrons. The number of carbonyl (C=O) groups is 3. The lowest BCUT2D eigenvalue weighted by molar-refractivity contribution is -0.144. The molecule has 3 amide bonds. The second-order valence-corrected chi connectivity index (χ2v) is 9.74. The molecule has 2 atom stereocenters. The van der Waals surface area contributed by atoms with Crippen molar-refractivity contribution in [2.45, 2.75) is 44.7 Å². The minimum Gasteiger partial charge on any atom is -0.469 e. The lowest BCUT2D eigenvalue weighted by Crippen LogP contribution is -2.48. The average molecular weight is 506 g/mol. The number of amides is 3. The van der Waals surface area contributed by atoms with E-state index in [1.54, 1.807) is 4.90 Å². The Labute approximate surface area is 217 Å². The van der Waals surface area contributed by atoms with Gasteiger partial charge >= 0.3 is 12.0 Å². The van der Waals surface area contributed by atoms with Gasteiger partial charge in [-0.05, 0) is 48.4 Å². The molecular formula is C28H35N5O4. The Morgan fingerprint density at radius 3 is 2.68 bits per heavy atom. The number of carbonyl (C=O) groups excluding carboxylic acids is 3. The van der Waals surface area contributed by atoms with Gasteiger partial charge in [0.1, 0.15) is 5.84 Å². The molecule has 0 aromatic heterocycles. The number of nitrogen functional groups attached to an aromatic ring is 1. The maximum atomic E-state index is 13.1. The summed E-state index contributed by atoms with van der Waals surface area (Å²) in [5, 5.41) is 10.7. The molecule has 2 aliphatic heterocycles. The highest BCUT2D eigenvalue weighted by atomic mass is 16.5. The average Bonchev–Trinajstić information content (AvgIpc) is 3.20. The van der Waals surface area contributed by atoms with Gasteiger partial charge in [0.15, 0.2) is 0 Å². The fraction of sp³-hybridized carbons (Fsp3) is 0.429. The van der Waals surface area contributed by atoms with Gasteiger partial charge in [0.2, 0.25) is 5.91 Å². The van der Waals surface area contributed by atoms with Gasteiger partial charge in [0, 0.05) is 37.8 Å². The van der Waals surface area contributed by atoms with E-state index < -0.39 is 11.9 Å². The van der Waals surface area contributed by atoms with E-state index in [1.165, 1.54) is 12.7 Å². The first-order valence-corrected chi connectivity index (χ1v) is 12.8. The summed E-state index contributed by atoms with van der Waals surface area (Å²) >= 11 is 0. The Balaban J connectivity index is 1.37. The number of hydrogen-bond donors (Lipinski definition) is 3. The standard InChI is InChI=1S/C28H35N5O4/c1-37-25(34)16-22-15-24(33(27(22)35)12-5-8-19-6-3-2-4-7-19)17-31-28(36)32-13-11-20-9-10-21(26(29)30)14-23(20)18-32/h2-4,6-7,9-10,14,22,24H,5,8,11-13,15-18H2,1H3,(H3,29,30)(H,31,36). The maximum Gasteiger partial charge on any atom is 0.317 e. The van der Waals surface area contributed by atoms with E-state index in [-0.39, 0.29) is 30.2 Å². The smallest absolute Gasteiger partial charge is 0.317 e. The number of fused-ring (bicyclic) bond motifs is 1. The highest BCUT2D eigenvalue weighted by Gasteiger charge is 2.40. The molecule has 2 aromatic carbocycles. The molecular weight excluding hydrogens is 470 g/mol. The van der Waals surface area contributed by atoms with Gasteiger partial charge in [0.25, 0.3) is 0 Å². The molecule has 1 fully saturated rings. The molecule has 0 aliphatic carbocycles. The van der Waals surface area contributed by atoms with Gasteiger partial charge in [-0.3, -0.25) is 15.0 Å². The number of nitrogens with one attached hydrogen (secondary N) is 2. The Bertz CT molecular complexity index is 1150. The monoisotopic (exact) mass is 505 g/mol. The molecule has 9 nitrogen and oxygen atoms in total. The molecule has 4 N–H and O–H groups in total. The Kier molecular flexibility index (Phi) is 8.43.